The van der Waals surface area contributed by atoms with Crippen LogP contribution < -0.4 is 4.74 Å². The molecule has 3 rings (SSSR count). The number of imidazole rings is 1. The van der Waals surface area contributed by atoms with Gasteiger partial charge in [-0.25, -0.2) is 13.4 Å². The van der Waals surface area contributed by atoms with Gasteiger partial charge in [-0.1, -0.05) is 24.3 Å². The van der Waals surface area contributed by atoms with Crippen molar-refractivity contribution in [3.63, 3.8) is 0 Å². The second kappa shape index (κ2) is 6.04. The van der Waals surface area contributed by atoms with E-state index in [1.807, 2.05) is 41.0 Å². The zero-order chi connectivity index (χ0) is 16.4. The molecule has 0 amide bonds. The van der Waals surface area contributed by atoms with Gasteiger partial charge in [0.2, 0.25) is 0 Å². The van der Waals surface area contributed by atoms with Crippen molar-refractivity contribution in [1.29, 1.82) is 0 Å². The lowest BCUT2D eigenvalue weighted by Gasteiger charge is -2.12. The van der Waals surface area contributed by atoms with Gasteiger partial charge >= 0.3 is 0 Å². The molecule has 6 heteroatoms. The van der Waals surface area contributed by atoms with Crippen LogP contribution in [-0.2, 0) is 16.4 Å². The molecule has 0 bridgehead atoms. The number of methoxy groups -OCH3 is 1. The Morgan fingerprint density at radius 2 is 1.87 bits per heavy atom. The van der Waals surface area contributed by atoms with Crippen LogP contribution in [0.1, 0.15) is 0 Å². The van der Waals surface area contributed by atoms with Crippen LogP contribution in [0.2, 0.25) is 0 Å². The van der Waals surface area contributed by atoms with E-state index < -0.39 is 9.84 Å². The van der Waals surface area contributed by atoms with Crippen molar-refractivity contribution < 1.29 is 13.2 Å². The fourth-order valence-corrected chi connectivity index (χ4v) is 3.17. The fourth-order valence-electron chi connectivity index (χ4n) is 2.64. The summed E-state index contributed by atoms with van der Waals surface area (Å²) in [6, 6.07) is 11.8. The molecule has 0 aliphatic rings. The van der Waals surface area contributed by atoms with E-state index in [4.69, 9.17) is 4.74 Å². The molecule has 0 atom stereocenters. The van der Waals surface area contributed by atoms with Crippen LogP contribution in [0, 0.1) is 0 Å². The normalized spacial score (nSPS) is 11.7. The number of nitrogens with zero attached hydrogens (tertiary/aromatic N) is 2. The number of aryl methyl sites for hydroxylation is 1. The average molecular weight is 330 g/mol. The second-order valence-corrected chi connectivity index (χ2v) is 7.69. The van der Waals surface area contributed by atoms with Gasteiger partial charge in [0.15, 0.2) is 0 Å². The van der Waals surface area contributed by atoms with Crippen LogP contribution in [0.4, 0.5) is 0 Å². The highest BCUT2D eigenvalue weighted by Crippen LogP contribution is 2.33. The minimum absolute atomic E-state index is 0.0877. The highest BCUT2D eigenvalue weighted by molar-refractivity contribution is 7.90. The summed E-state index contributed by atoms with van der Waals surface area (Å²) >= 11 is 0. The Kier molecular flexibility index (Phi) is 4.09. The third-order valence-corrected chi connectivity index (χ3v) is 4.69. The van der Waals surface area contributed by atoms with Crippen LogP contribution in [0.15, 0.2) is 48.8 Å². The molecule has 0 saturated carbocycles. The van der Waals surface area contributed by atoms with Crippen LogP contribution in [-0.4, -0.2) is 37.1 Å². The summed E-state index contributed by atoms with van der Waals surface area (Å²) in [5.74, 6) is 1.65. The number of fused-ring (bicyclic) bond motifs is 1. The van der Waals surface area contributed by atoms with Gasteiger partial charge in [0.25, 0.3) is 0 Å². The summed E-state index contributed by atoms with van der Waals surface area (Å²) < 4.78 is 30.1. The molecule has 0 aliphatic heterocycles. The van der Waals surface area contributed by atoms with Crippen molar-refractivity contribution in [3.8, 4) is 17.1 Å². The van der Waals surface area contributed by atoms with Crippen molar-refractivity contribution in [2.75, 3.05) is 19.1 Å². The molecular weight excluding hydrogens is 312 g/mol. The molecular formula is C17H18N2O3S. The Bertz CT molecular complexity index is 945. The first kappa shape index (κ1) is 15.6. The highest BCUT2D eigenvalue weighted by atomic mass is 32.2. The molecule has 0 N–H and O–H groups in total. The molecule has 5 nitrogen and oxygen atoms in total. The van der Waals surface area contributed by atoms with E-state index in [1.54, 1.807) is 19.5 Å². The minimum atomic E-state index is -3.02. The van der Waals surface area contributed by atoms with E-state index in [9.17, 15) is 8.42 Å². The van der Waals surface area contributed by atoms with Crippen molar-refractivity contribution >= 4 is 20.6 Å². The van der Waals surface area contributed by atoms with Crippen LogP contribution in [0.3, 0.4) is 0 Å². The topological polar surface area (TPSA) is 61.2 Å². The number of aromatic nitrogens is 2. The number of sulfone groups is 1. The second-order valence-electron chi connectivity index (χ2n) is 5.44. The van der Waals surface area contributed by atoms with Gasteiger partial charge in [0.1, 0.15) is 21.4 Å². The first-order valence-electron chi connectivity index (χ1n) is 7.24. The van der Waals surface area contributed by atoms with E-state index in [0.29, 0.717) is 6.54 Å². The molecule has 1 heterocycles. The monoisotopic (exact) mass is 330 g/mol. The quantitative estimate of drug-likeness (QED) is 0.722. The number of hydrogen-bond donors (Lipinski definition) is 0. The maximum absolute atomic E-state index is 11.4. The lowest BCUT2D eigenvalue weighted by Crippen LogP contribution is -2.11. The summed E-state index contributed by atoms with van der Waals surface area (Å²) in [5.41, 5.74) is 0.958. The van der Waals surface area contributed by atoms with Gasteiger partial charge in [-0.05, 0) is 17.5 Å². The smallest absolute Gasteiger partial charge is 0.149 e. The third kappa shape index (κ3) is 3.22. The number of hydrogen-bond acceptors (Lipinski definition) is 4. The van der Waals surface area contributed by atoms with Crippen LogP contribution in [0.5, 0.6) is 5.75 Å². The first-order chi connectivity index (χ1) is 11.0. The lowest BCUT2D eigenvalue weighted by atomic mass is 10.0. The number of rotatable bonds is 5. The SMILES string of the molecule is COc1ccc(-c2nccn2CCS(C)(=O)=O)c2ccccc12. The summed E-state index contributed by atoms with van der Waals surface area (Å²) in [4.78, 5) is 4.42. The third-order valence-electron chi connectivity index (χ3n) is 3.76. The first-order valence-corrected chi connectivity index (χ1v) is 9.30. The molecule has 0 aliphatic carbocycles. The zero-order valence-corrected chi connectivity index (χ0v) is 13.9. The maximum Gasteiger partial charge on any atom is 0.149 e. The highest BCUT2D eigenvalue weighted by Gasteiger charge is 2.13. The van der Waals surface area contributed by atoms with Gasteiger partial charge in [-0.3, -0.25) is 0 Å². The predicted molar refractivity (Wildman–Crippen MR) is 91.4 cm³/mol. The Morgan fingerprint density at radius 3 is 2.57 bits per heavy atom. The van der Waals surface area contributed by atoms with Crippen molar-refractivity contribution in [3.05, 3.63) is 48.8 Å². The Labute approximate surface area is 135 Å². The summed E-state index contributed by atoms with van der Waals surface area (Å²) in [6.07, 6.45) is 4.74. The van der Waals surface area contributed by atoms with Gasteiger partial charge < -0.3 is 9.30 Å². The predicted octanol–water partition coefficient (Wildman–Crippen LogP) is 2.76. The van der Waals surface area contributed by atoms with E-state index in [1.165, 1.54) is 6.26 Å². The van der Waals surface area contributed by atoms with Gasteiger partial charge in [0, 0.05) is 36.1 Å². The fraction of sp³-hybridized carbons (Fsp3) is 0.235. The number of ether oxygens (including phenoxy) is 1. The molecule has 120 valence electrons. The molecule has 23 heavy (non-hydrogen) atoms. The van der Waals surface area contributed by atoms with Crippen molar-refractivity contribution in [2.24, 2.45) is 0 Å². The Balaban J connectivity index is 2.10. The number of benzene rings is 2. The molecule has 0 saturated heterocycles. The van der Waals surface area contributed by atoms with E-state index in [2.05, 4.69) is 4.98 Å². The minimum Gasteiger partial charge on any atom is -0.496 e. The summed E-state index contributed by atoms with van der Waals surface area (Å²) in [5, 5.41) is 2.03. The Hall–Kier alpha value is -2.34. The molecule has 0 spiro atoms. The molecule has 2 aromatic carbocycles. The van der Waals surface area contributed by atoms with Gasteiger partial charge in [-0.15, -0.1) is 0 Å². The van der Waals surface area contributed by atoms with Crippen molar-refractivity contribution in [1.82, 2.24) is 9.55 Å². The van der Waals surface area contributed by atoms with Crippen LogP contribution >= 0.6 is 0 Å². The lowest BCUT2D eigenvalue weighted by molar-refractivity contribution is 0.420. The summed E-state index contributed by atoms with van der Waals surface area (Å²) in [7, 11) is -1.37. The molecule has 0 unspecified atom stereocenters. The molecule has 1 aromatic heterocycles. The Morgan fingerprint density at radius 1 is 1.13 bits per heavy atom. The van der Waals surface area contributed by atoms with Crippen molar-refractivity contribution in [2.45, 2.75) is 6.54 Å². The molecule has 0 fully saturated rings. The zero-order valence-electron chi connectivity index (χ0n) is 13.1. The standard InChI is InChI=1S/C17H18N2O3S/c1-22-16-8-7-15(13-5-3-4-6-14(13)16)17-18-9-10-19(17)11-12-23(2,20)21/h3-10H,11-12H2,1-2H3. The summed E-state index contributed by atoms with van der Waals surface area (Å²) in [6.45, 7) is 0.383. The van der Waals surface area contributed by atoms with E-state index in [0.717, 1.165) is 27.9 Å². The largest absolute Gasteiger partial charge is 0.496 e. The molecule has 0 radical (unpaired) electrons. The van der Waals surface area contributed by atoms with E-state index in [-0.39, 0.29) is 5.75 Å². The maximum atomic E-state index is 11.4. The molecule has 3 aromatic rings. The van der Waals surface area contributed by atoms with Crippen LogP contribution in [0.25, 0.3) is 22.2 Å². The average Bonchev–Trinajstić information content (AvgIpc) is 2.99. The van der Waals surface area contributed by atoms with Gasteiger partial charge in [-0.2, -0.15) is 0 Å². The van der Waals surface area contributed by atoms with E-state index >= 15 is 0 Å². The van der Waals surface area contributed by atoms with Gasteiger partial charge in [0.05, 0.1) is 12.9 Å².